The highest BCUT2D eigenvalue weighted by Gasteiger charge is 2.39. The van der Waals surface area contributed by atoms with Crippen LogP contribution in [0.2, 0.25) is 0 Å². The number of hydrogen-bond acceptors (Lipinski definition) is 0. The third-order valence-corrected chi connectivity index (χ3v) is 0.511. The molecule has 0 saturated carbocycles. The predicted octanol–water partition coefficient (Wildman–Crippen LogP) is 3.18. The first-order valence-corrected chi connectivity index (χ1v) is 2.53. The summed E-state index contributed by atoms with van der Waals surface area (Å²) in [5.74, 6) is -3.64. The third kappa shape index (κ3) is 17.7. The van der Waals surface area contributed by atoms with Crippen molar-refractivity contribution in [3.8, 4) is 0 Å². The van der Waals surface area contributed by atoms with Gasteiger partial charge >= 0.3 is 6.18 Å². The average molecular weight is 182 g/mol. The van der Waals surface area contributed by atoms with Gasteiger partial charge in [0, 0.05) is 0 Å². The Bertz CT molecular complexity index is 76.1. The van der Waals surface area contributed by atoms with Crippen molar-refractivity contribution in [2.75, 3.05) is 7.18 Å². The van der Waals surface area contributed by atoms with Gasteiger partial charge in [0.25, 0.3) is 5.92 Å². The van der Waals surface area contributed by atoms with Gasteiger partial charge in [-0.3, -0.25) is 4.39 Å². The summed E-state index contributed by atoms with van der Waals surface area (Å²) in [4.78, 5) is 0. The molecule has 0 aliphatic heterocycles. The molecule has 0 aromatic carbocycles. The van der Waals surface area contributed by atoms with Crippen LogP contribution in [-0.2, 0) is 0 Å². The Balaban J connectivity index is 0. The standard InChI is InChI=1S/C4H5F5.CH3F/c1-3(5,6)2-4(7,8)9;1-2/h2H2,1H3;1H3. The Kier molecular flexibility index (Phi) is 5.34. The second kappa shape index (κ2) is 4.46. The van der Waals surface area contributed by atoms with E-state index in [0.717, 1.165) is 0 Å². The molecule has 0 radical (unpaired) electrons. The first-order valence-electron chi connectivity index (χ1n) is 2.53. The van der Waals surface area contributed by atoms with Crippen LogP contribution in [-0.4, -0.2) is 19.3 Å². The van der Waals surface area contributed by atoms with E-state index in [9.17, 15) is 26.3 Å². The lowest BCUT2D eigenvalue weighted by Gasteiger charge is -2.11. The predicted molar refractivity (Wildman–Crippen MR) is 28.3 cm³/mol. The highest BCUT2D eigenvalue weighted by molar-refractivity contribution is 4.63. The van der Waals surface area contributed by atoms with Gasteiger partial charge in [-0.1, -0.05) is 0 Å². The summed E-state index contributed by atoms with van der Waals surface area (Å²) in [6.07, 6.45) is -6.81. The fraction of sp³-hybridized carbons (Fsp3) is 1.00. The Morgan fingerprint density at radius 2 is 1.18 bits per heavy atom. The maximum atomic E-state index is 11.5. The molecular formula is C5H8F6. The van der Waals surface area contributed by atoms with Crippen LogP contribution in [0.15, 0.2) is 0 Å². The Morgan fingerprint density at radius 1 is 0.909 bits per heavy atom. The zero-order valence-electron chi connectivity index (χ0n) is 5.97. The van der Waals surface area contributed by atoms with Crippen LogP contribution in [0.3, 0.4) is 0 Å². The Hall–Kier alpha value is -0.420. The van der Waals surface area contributed by atoms with Crippen molar-refractivity contribution >= 4 is 0 Å². The number of rotatable bonds is 1. The van der Waals surface area contributed by atoms with Gasteiger partial charge in [-0.2, -0.15) is 13.2 Å². The van der Waals surface area contributed by atoms with Crippen LogP contribution in [0.1, 0.15) is 13.3 Å². The van der Waals surface area contributed by atoms with Gasteiger partial charge in [-0.25, -0.2) is 8.78 Å². The van der Waals surface area contributed by atoms with Gasteiger partial charge in [-0.15, -0.1) is 0 Å². The molecule has 0 N–H and O–H groups in total. The quantitative estimate of drug-likeness (QED) is 0.546. The van der Waals surface area contributed by atoms with Gasteiger partial charge in [0.05, 0.1) is 7.18 Å². The summed E-state index contributed by atoms with van der Waals surface area (Å²) in [5.41, 5.74) is 0. The van der Waals surface area contributed by atoms with Crippen LogP contribution >= 0.6 is 0 Å². The molecule has 0 aliphatic carbocycles. The minimum Gasteiger partial charge on any atom is -0.255 e. The fourth-order valence-electron chi connectivity index (χ4n) is 0.352. The zero-order valence-corrected chi connectivity index (χ0v) is 5.97. The van der Waals surface area contributed by atoms with E-state index in [4.69, 9.17) is 0 Å². The summed E-state index contributed by atoms with van der Waals surface area (Å²) < 4.78 is 65.7. The van der Waals surface area contributed by atoms with Crippen LogP contribution in [0, 0.1) is 0 Å². The van der Waals surface area contributed by atoms with E-state index in [1.54, 1.807) is 0 Å². The lowest BCUT2D eigenvalue weighted by Crippen LogP contribution is -2.21. The molecule has 0 aromatic rings. The van der Waals surface area contributed by atoms with Crippen molar-refractivity contribution in [3.63, 3.8) is 0 Å². The molecule has 0 fully saturated rings. The number of hydrogen-bond donors (Lipinski definition) is 0. The van der Waals surface area contributed by atoms with E-state index >= 15 is 0 Å². The first kappa shape index (κ1) is 13.2. The van der Waals surface area contributed by atoms with Crippen molar-refractivity contribution in [2.24, 2.45) is 0 Å². The molecule has 0 unspecified atom stereocenters. The number of alkyl halides is 6. The molecule has 0 atom stereocenters. The summed E-state index contributed by atoms with van der Waals surface area (Å²) in [7, 11) is 0.500. The SMILES string of the molecule is CC(F)(F)CC(F)(F)F.CF. The molecule has 0 aromatic heterocycles. The molecule has 0 nitrogen and oxygen atoms in total. The Labute approximate surface area is 60.2 Å². The molecule has 0 saturated heterocycles. The van der Waals surface area contributed by atoms with Gasteiger partial charge < -0.3 is 0 Å². The monoisotopic (exact) mass is 182 g/mol. The normalized spacial score (nSPS) is 12.0. The van der Waals surface area contributed by atoms with Gasteiger partial charge in [-0.05, 0) is 6.92 Å². The van der Waals surface area contributed by atoms with Gasteiger partial charge in [0.1, 0.15) is 6.42 Å². The van der Waals surface area contributed by atoms with E-state index in [0.29, 0.717) is 7.18 Å². The van der Waals surface area contributed by atoms with Crippen molar-refractivity contribution in [3.05, 3.63) is 0 Å². The second-order valence-corrected chi connectivity index (χ2v) is 1.86. The topological polar surface area (TPSA) is 0 Å². The summed E-state index contributed by atoms with van der Waals surface area (Å²) in [6, 6.07) is 0. The fourth-order valence-corrected chi connectivity index (χ4v) is 0.352. The highest BCUT2D eigenvalue weighted by Crippen LogP contribution is 2.30. The van der Waals surface area contributed by atoms with Crippen LogP contribution in [0.25, 0.3) is 0 Å². The summed E-state index contributed by atoms with van der Waals surface area (Å²) >= 11 is 0. The molecule has 6 heteroatoms. The van der Waals surface area contributed by atoms with E-state index in [1.165, 1.54) is 0 Å². The minimum atomic E-state index is -4.77. The van der Waals surface area contributed by atoms with Crippen LogP contribution in [0.4, 0.5) is 26.3 Å². The van der Waals surface area contributed by atoms with E-state index in [2.05, 4.69) is 0 Å². The van der Waals surface area contributed by atoms with Crippen LogP contribution in [0.5, 0.6) is 0 Å². The maximum Gasteiger partial charge on any atom is 0.394 e. The third-order valence-electron chi connectivity index (χ3n) is 0.511. The molecule has 0 bridgehead atoms. The Morgan fingerprint density at radius 3 is 1.18 bits per heavy atom. The molecule has 11 heavy (non-hydrogen) atoms. The van der Waals surface area contributed by atoms with Gasteiger partial charge in [0.15, 0.2) is 0 Å². The highest BCUT2D eigenvalue weighted by atomic mass is 19.4. The summed E-state index contributed by atoms with van der Waals surface area (Å²) in [6.45, 7) is 0.237. The minimum absolute atomic E-state index is 0.237. The largest absolute Gasteiger partial charge is 0.394 e. The van der Waals surface area contributed by atoms with E-state index < -0.39 is 18.5 Å². The molecule has 0 spiro atoms. The second-order valence-electron chi connectivity index (χ2n) is 1.86. The van der Waals surface area contributed by atoms with Crippen molar-refractivity contribution in [1.29, 1.82) is 0 Å². The number of halogens is 6. The molecule has 0 aliphatic rings. The van der Waals surface area contributed by atoms with Crippen molar-refractivity contribution < 1.29 is 26.3 Å². The molecule has 0 amide bonds. The zero-order chi connectivity index (χ0) is 9.71. The lowest BCUT2D eigenvalue weighted by molar-refractivity contribution is -0.182. The maximum absolute atomic E-state index is 11.5. The van der Waals surface area contributed by atoms with Crippen molar-refractivity contribution in [2.45, 2.75) is 25.4 Å². The summed E-state index contributed by atoms with van der Waals surface area (Å²) in [5, 5.41) is 0. The lowest BCUT2D eigenvalue weighted by atomic mass is 10.3. The molecule has 70 valence electrons. The van der Waals surface area contributed by atoms with E-state index in [1.807, 2.05) is 0 Å². The average Bonchev–Trinajstić information content (AvgIpc) is 1.60. The van der Waals surface area contributed by atoms with Gasteiger partial charge in [0.2, 0.25) is 0 Å². The molecular weight excluding hydrogens is 174 g/mol. The molecule has 0 heterocycles. The van der Waals surface area contributed by atoms with Crippen molar-refractivity contribution in [1.82, 2.24) is 0 Å². The smallest absolute Gasteiger partial charge is 0.255 e. The van der Waals surface area contributed by atoms with E-state index in [-0.39, 0.29) is 6.92 Å². The van der Waals surface area contributed by atoms with Crippen LogP contribution < -0.4 is 0 Å². The molecule has 0 rings (SSSR count). The first-order chi connectivity index (χ1) is 4.71.